The van der Waals surface area contributed by atoms with Crippen LogP contribution in [0.1, 0.15) is 33.2 Å². The van der Waals surface area contributed by atoms with E-state index in [1.165, 1.54) is 0 Å². The van der Waals surface area contributed by atoms with E-state index in [2.05, 4.69) is 21.5 Å². The van der Waals surface area contributed by atoms with E-state index in [0.29, 0.717) is 23.4 Å². The number of pyridine rings is 1. The largest absolute Gasteiger partial charge is 0.303 e. The van der Waals surface area contributed by atoms with Crippen LogP contribution in [0.2, 0.25) is 0 Å². The highest BCUT2D eigenvalue weighted by atomic mass is 16.1. The predicted molar refractivity (Wildman–Crippen MR) is 134 cm³/mol. The summed E-state index contributed by atoms with van der Waals surface area (Å²) in [7, 11) is 1.88. The zero-order chi connectivity index (χ0) is 24.2. The lowest BCUT2D eigenvalue weighted by molar-refractivity contribution is 0.0937. The molecule has 7 heteroatoms. The number of aryl methyl sites for hydroxylation is 1. The summed E-state index contributed by atoms with van der Waals surface area (Å²) >= 11 is 0. The van der Waals surface area contributed by atoms with Gasteiger partial charge >= 0.3 is 0 Å². The minimum Gasteiger partial charge on any atom is -0.303 e. The summed E-state index contributed by atoms with van der Waals surface area (Å²) in [6.07, 6.45) is 8.03. The van der Waals surface area contributed by atoms with Crippen molar-refractivity contribution in [3.05, 3.63) is 114 Å². The first-order valence-electron chi connectivity index (χ1n) is 11.4. The first kappa shape index (κ1) is 22.3. The van der Waals surface area contributed by atoms with E-state index in [9.17, 15) is 4.79 Å². The zero-order valence-corrected chi connectivity index (χ0v) is 19.3. The predicted octanol–water partition coefficient (Wildman–Crippen LogP) is 4.36. The van der Waals surface area contributed by atoms with E-state index in [1.807, 2.05) is 96.8 Å². The standard InChI is InChI=1S/C28H24N6O/c1-33-19-24(17-32-33)23-12-14-34-25(18-31-26(34)15-23)28(35)27(22-5-3-2-4-6-22)30-13-11-20-7-9-21(16-29)10-8-20/h2-10,12,14-15,17-19,27,30H,11,13H2,1H3. The molecule has 5 rings (SSSR count). The molecule has 0 radical (unpaired) electrons. The van der Waals surface area contributed by atoms with Crippen LogP contribution in [0.25, 0.3) is 16.8 Å². The van der Waals surface area contributed by atoms with Gasteiger partial charge in [0.2, 0.25) is 5.78 Å². The molecule has 0 aliphatic rings. The third-order valence-electron chi connectivity index (χ3n) is 6.04. The van der Waals surface area contributed by atoms with Crippen molar-refractivity contribution in [2.24, 2.45) is 7.05 Å². The Morgan fingerprint density at radius 1 is 1.06 bits per heavy atom. The number of rotatable bonds is 8. The number of hydrogen-bond donors (Lipinski definition) is 1. The summed E-state index contributed by atoms with van der Waals surface area (Å²) in [6.45, 7) is 0.610. The summed E-state index contributed by atoms with van der Waals surface area (Å²) in [5.74, 6) is -0.0438. The smallest absolute Gasteiger partial charge is 0.202 e. The van der Waals surface area contributed by atoms with Crippen LogP contribution in [0.4, 0.5) is 0 Å². The van der Waals surface area contributed by atoms with Crippen LogP contribution in [0.3, 0.4) is 0 Å². The molecule has 0 amide bonds. The molecule has 3 heterocycles. The van der Waals surface area contributed by atoms with Crippen molar-refractivity contribution in [1.29, 1.82) is 5.26 Å². The molecule has 0 spiro atoms. The number of Topliss-reactive ketones (excluding diaryl/α,β-unsaturated/α-hetero) is 1. The summed E-state index contributed by atoms with van der Waals surface area (Å²) in [4.78, 5) is 18.2. The van der Waals surface area contributed by atoms with E-state index >= 15 is 0 Å². The van der Waals surface area contributed by atoms with E-state index < -0.39 is 6.04 Å². The van der Waals surface area contributed by atoms with Crippen LogP contribution < -0.4 is 5.32 Å². The van der Waals surface area contributed by atoms with Crippen molar-refractivity contribution in [3.8, 4) is 17.2 Å². The van der Waals surface area contributed by atoms with Crippen LogP contribution >= 0.6 is 0 Å². The minimum atomic E-state index is -0.507. The Morgan fingerprint density at radius 3 is 2.57 bits per heavy atom. The Morgan fingerprint density at radius 2 is 1.86 bits per heavy atom. The number of nitrogens with zero attached hydrogens (tertiary/aromatic N) is 5. The number of benzene rings is 2. The molecular weight excluding hydrogens is 436 g/mol. The number of ketones is 1. The molecule has 1 atom stereocenters. The molecule has 0 aliphatic carbocycles. The third-order valence-corrected chi connectivity index (χ3v) is 6.04. The average molecular weight is 461 g/mol. The summed E-state index contributed by atoms with van der Waals surface area (Å²) in [5, 5.41) is 16.7. The molecule has 0 saturated carbocycles. The van der Waals surface area contributed by atoms with Crippen molar-refractivity contribution in [2.75, 3.05) is 6.54 Å². The Balaban J connectivity index is 1.39. The van der Waals surface area contributed by atoms with Crippen LogP contribution in [0.5, 0.6) is 0 Å². The van der Waals surface area contributed by atoms with Crippen molar-refractivity contribution >= 4 is 11.4 Å². The maximum Gasteiger partial charge on any atom is 0.202 e. The van der Waals surface area contributed by atoms with Gasteiger partial charge in [0.15, 0.2) is 0 Å². The summed E-state index contributed by atoms with van der Waals surface area (Å²) < 4.78 is 3.59. The van der Waals surface area contributed by atoms with E-state index in [-0.39, 0.29) is 5.78 Å². The monoisotopic (exact) mass is 460 g/mol. The molecule has 0 saturated heterocycles. The van der Waals surface area contributed by atoms with Gasteiger partial charge in [0.25, 0.3) is 0 Å². The van der Waals surface area contributed by atoms with Crippen molar-refractivity contribution in [2.45, 2.75) is 12.5 Å². The fourth-order valence-corrected chi connectivity index (χ4v) is 4.17. The first-order valence-corrected chi connectivity index (χ1v) is 11.4. The zero-order valence-electron chi connectivity index (χ0n) is 19.3. The van der Waals surface area contributed by atoms with Gasteiger partial charge in [0, 0.05) is 31.5 Å². The molecule has 2 aromatic carbocycles. The van der Waals surface area contributed by atoms with Crippen LogP contribution in [0, 0.1) is 11.3 Å². The Kier molecular flexibility index (Phi) is 6.20. The molecule has 1 unspecified atom stereocenters. The third kappa shape index (κ3) is 4.74. The number of imidazole rings is 1. The minimum absolute atomic E-state index is 0.0438. The number of nitrogens with one attached hydrogen (secondary N) is 1. The average Bonchev–Trinajstić information content (AvgIpc) is 3.53. The Hall–Kier alpha value is -4.54. The molecular formula is C28H24N6O. The summed E-state index contributed by atoms with van der Waals surface area (Å²) in [5.41, 5.74) is 5.87. The lowest BCUT2D eigenvalue weighted by Gasteiger charge is -2.18. The first-order chi connectivity index (χ1) is 17.1. The maximum absolute atomic E-state index is 13.7. The molecule has 35 heavy (non-hydrogen) atoms. The number of fused-ring (bicyclic) bond motifs is 1. The summed E-state index contributed by atoms with van der Waals surface area (Å²) in [6, 6.07) is 22.8. The Bertz CT molecular complexity index is 1510. The number of nitriles is 1. The fraction of sp³-hybridized carbons (Fsp3) is 0.143. The molecule has 0 aliphatic heterocycles. The second kappa shape index (κ2) is 9.75. The highest BCUT2D eigenvalue weighted by Gasteiger charge is 2.24. The van der Waals surface area contributed by atoms with Gasteiger partial charge in [-0.05, 0) is 47.4 Å². The highest BCUT2D eigenvalue weighted by Crippen LogP contribution is 2.23. The van der Waals surface area contributed by atoms with Gasteiger partial charge in [0.05, 0.1) is 30.1 Å². The Labute approximate surface area is 203 Å². The van der Waals surface area contributed by atoms with Gasteiger partial charge < -0.3 is 5.32 Å². The molecule has 0 bridgehead atoms. The van der Waals surface area contributed by atoms with E-state index in [1.54, 1.807) is 10.9 Å². The van der Waals surface area contributed by atoms with Crippen LogP contribution in [-0.2, 0) is 13.5 Å². The van der Waals surface area contributed by atoms with E-state index in [0.717, 1.165) is 28.7 Å². The lowest BCUT2D eigenvalue weighted by atomic mass is 10.00. The normalized spacial score (nSPS) is 11.9. The topological polar surface area (TPSA) is 88.0 Å². The van der Waals surface area contributed by atoms with Crippen molar-refractivity contribution < 1.29 is 4.79 Å². The lowest BCUT2D eigenvalue weighted by Crippen LogP contribution is -2.31. The van der Waals surface area contributed by atoms with Gasteiger partial charge in [0.1, 0.15) is 11.3 Å². The van der Waals surface area contributed by atoms with Gasteiger partial charge in [-0.1, -0.05) is 42.5 Å². The number of hydrogen-bond acceptors (Lipinski definition) is 5. The quantitative estimate of drug-likeness (QED) is 0.348. The second-order valence-electron chi connectivity index (χ2n) is 8.41. The molecule has 172 valence electrons. The van der Waals surface area contributed by atoms with Gasteiger partial charge in [-0.15, -0.1) is 0 Å². The van der Waals surface area contributed by atoms with Gasteiger partial charge in [-0.2, -0.15) is 10.4 Å². The molecule has 3 aromatic heterocycles. The maximum atomic E-state index is 13.7. The molecule has 5 aromatic rings. The molecule has 7 nitrogen and oxygen atoms in total. The van der Waals surface area contributed by atoms with Gasteiger partial charge in [-0.25, -0.2) is 4.98 Å². The fourth-order valence-electron chi connectivity index (χ4n) is 4.17. The van der Waals surface area contributed by atoms with Crippen LogP contribution in [-0.4, -0.2) is 31.5 Å². The molecule has 0 fully saturated rings. The highest BCUT2D eigenvalue weighted by molar-refractivity contribution is 6.00. The number of aromatic nitrogens is 4. The SMILES string of the molecule is Cn1cc(-c2ccn3c(C(=O)C(NCCc4ccc(C#N)cc4)c4ccccc4)cnc3c2)cn1. The van der Waals surface area contributed by atoms with Crippen molar-refractivity contribution in [1.82, 2.24) is 24.5 Å². The van der Waals surface area contributed by atoms with Crippen molar-refractivity contribution in [3.63, 3.8) is 0 Å². The van der Waals surface area contributed by atoms with E-state index in [4.69, 9.17) is 5.26 Å². The molecule has 1 N–H and O–H groups in total. The number of carbonyl (C=O) groups is 1. The van der Waals surface area contributed by atoms with Crippen LogP contribution in [0.15, 0.2) is 91.5 Å². The number of carbonyl (C=O) groups excluding carboxylic acids is 1. The van der Waals surface area contributed by atoms with Gasteiger partial charge in [-0.3, -0.25) is 13.9 Å². The second-order valence-corrected chi connectivity index (χ2v) is 8.41.